The van der Waals surface area contributed by atoms with Gasteiger partial charge in [0.15, 0.2) is 0 Å². The summed E-state index contributed by atoms with van der Waals surface area (Å²) in [6.07, 6.45) is 2.52. The lowest BCUT2D eigenvalue weighted by atomic mass is 9.73. The van der Waals surface area contributed by atoms with E-state index in [0.29, 0.717) is 46.3 Å². The van der Waals surface area contributed by atoms with Crippen LogP contribution in [0.25, 0.3) is 10.4 Å². The smallest absolute Gasteiger partial charge is 0.262 e. The molecule has 0 aliphatic carbocycles. The Bertz CT molecular complexity index is 2190. The van der Waals surface area contributed by atoms with E-state index in [1.165, 1.54) is 17.4 Å². The highest BCUT2D eigenvalue weighted by molar-refractivity contribution is 7.19. The van der Waals surface area contributed by atoms with Gasteiger partial charge in [-0.25, -0.2) is 13.8 Å². The number of benzene rings is 3. The molecular weight excluding hydrogens is 685 g/mol. The standard InChI is InChI=1S/C40H35F2N5O4S/c1-24-9-14-29(36(43-24)46-22-40(23-46)16-19-51-20-17-40)37(48)44-27-12-10-25(11-13-27)39(50)47-18-15-26-21-33(52-35(26)28-5-2-3-8-32(28)47)45-38(49)34-30(41)6-4-7-31(34)42/h2-14,21H,15-20,22-23H2,1H3,(H,44,48)(H,45,49). The van der Waals surface area contributed by atoms with E-state index in [4.69, 9.17) is 9.72 Å². The molecule has 0 bridgehead atoms. The third-order valence-electron chi connectivity index (χ3n) is 10.1. The van der Waals surface area contributed by atoms with E-state index in [0.717, 1.165) is 73.0 Å². The van der Waals surface area contributed by atoms with Crippen LogP contribution in [0.4, 0.5) is 31.0 Å². The number of halogens is 2. The van der Waals surface area contributed by atoms with Crippen LogP contribution in [-0.2, 0) is 11.2 Å². The first kappa shape index (κ1) is 33.7. The molecule has 3 amide bonds. The molecule has 0 atom stereocenters. The number of rotatable bonds is 6. The second kappa shape index (κ2) is 13.6. The first-order valence-electron chi connectivity index (χ1n) is 17.2. The molecule has 3 aromatic carbocycles. The monoisotopic (exact) mass is 719 g/mol. The fraction of sp³-hybridized carbons (Fsp3) is 0.250. The third-order valence-corrected chi connectivity index (χ3v) is 11.2. The van der Waals surface area contributed by atoms with Gasteiger partial charge in [-0.2, -0.15) is 0 Å². The maximum absolute atomic E-state index is 14.2. The fourth-order valence-corrected chi connectivity index (χ4v) is 8.44. The number of thiophene rings is 1. The van der Waals surface area contributed by atoms with Crippen LogP contribution >= 0.6 is 11.3 Å². The van der Waals surface area contributed by atoms with Crippen molar-refractivity contribution in [2.75, 3.05) is 53.3 Å². The summed E-state index contributed by atoms with van der Waals surface area (Å²) in [5.74, 6) is -2.52. The van der Waals surface area contributed by atoms with Crippen LogP contribution in [0.2, 0.25) is 0 Å². The number of aryl methyl sites for hydroxylation is 1. The van der Waals surface area contributed by atoms with Crippen LogP contribution in [0.3, 0.4) is 0 Å². The van der Waals surface area contributed by atoms with E-state index in [-0.39, 0.29) is 17.2 Å². The Hall–Kier alpha value is -5.46. The molecule has 3 aliphatic rings. The summed E-state index contributed by atoms with van der Waals surface area (Å²) < 4.78 is 34.1. The van der Waals surface area contributed by atoms with Crippen LogP contribution in [0.5, 0.6) is 0 Å². The number of nitrogens with zero attached hydrogens (tertiary/aromatic N) is 3. The highest BCUT2D eigenvalue weighted by Crippen LogP contribution is 2.44. The Kier molecular flexibility index (Phi) is 8.80. The average Bonchev–Trinajstić information content (AvgIpc) is 3.46. The predicted molar refractivity (Wildman–Crippen MR) is 198 cm³/mol. The van der Waals surface area contributed by atoms with Gasteiger partial charge in [-0.05, 0) is 92.4 Å². The molecule has 1 spiro atoms. The number of carbonyl (C=O) groups is 3. The number of amides is 3. The number of para-hydroxylation sites is 1. The van der Waals surface area contributed by atoms with Crippen LogP contribution in [0.15, 0.2) is 84.9 Å². The first-order valence-corrected chi connectivity index (χ1v) is 18.0. The molecule has 0 unspecified atom stereocenters. The minimum Gasteiger partial charge on any atom is -0.381 e. The van der Waals surface area contributed by atoms with Crippen LogP contribution in [0.1, 0.15) is 55.2 Å². The Labute approximate surface area is 303 Å². The summed E-state index contributed by atoms with van der Waals surface area (Å²) in [6, 6.07) is 23.1. The molecule has 0 saturated carbocycles. The zero-order valence-corrected chi connectivity index (χ0v) is 29.2. The Balaban J connectivity index is 0.971. The van der Waals surface area contributed by atoms with Gasteiger partial charge < -0.3 is 25.2 Å². The molecular formula is C40H35F2N5O4S. The number of hydrogen-bond donors (Lipinski definition) is 2. The van der Waals surface area contributed by atoms with E-state index >= 15 is 0 Å². The van der Waals surface area contributed by atoms with Crippen molar-refractivity contribution in [2.45, 2.75) is 26.2 Å². The zero-order valence-electron chi connectivity index (χ0n) is 28.4. The van der Waals surface area contributed by atoms with Gasteiger partial charge in [0.2, 0.25) is 0 Å². The normalized spacial score (nSPS) is 16.0. The van der Waals surface area contributed by atoms with Crippen LogP contribution in [-0.4, -0.2) is 55.6 Å². The Morgan fingerprint density at radius 1 is 0.865 bits per heavy atom. The van der Waals surface area contributed by atoms with Gasteiger partial charge in [-0.3, -0.25) is 14.4 Å². The van der Waals surface area contributed by atoms with Crippen molar-refractivity contribution in [2.24, 2.45) is 5.41 Å². The molecule has 8 rings (SSSR count). The lowest BCUT2D eigenvalue weighted by Gasteiger charge is -2.53. The van der Waals surface area contributed by atoms with E-state index in [1.54, 1.807) is 35.2 Å². The van der Waals surface area contributed by atoms with Crippen molar-refractivity contribution in [1.82, 2.24) is 4.98 Å². The molecule has 5 heterocycles. The number of nitrogens with one attached hydrogen (secondary N) is 2. The number of aromatic nitrogens is 1. The fourth-order valence-electron chi connectivity index (χ4n) is 7.30. The molecule has 2 aromatic heterocycles. The second-order valence-electron chi connectivity index (χ2n) is 13.6. The van der Waals surface area contributed by atoms with Gasteiger partial charge in [0.05, 0.1) is 16.3 Å². The highest BCUT2D eigenvalue weighted by Gasteiger charge is 2.45. The Morgan fingerprint density at radius 3 is 2.35 bits per heavy atom. The minimum absolute atomic E-state index is 0.200. The quantitative estimate of drug-likeness (QED) is 0.186. The van der Waals surface area contributed by atoms with Gasteiger partial charge in [0.25, 0.3) is 17.7 Å². The van der Waals surface area contributed by atoms with Crippen molar-refractivity contribution in [3.05, 3.63) is 125 Å². The van der Waals surface area contributed by atoms with Crippen molar-refractivity contribution in [1.29, 1.82) is 0 Å². The SMILES string of the molecule is Cc1ccc(C(=O)Nc2ccc(C(=O)N3CCc4cc(NC(=O)c5c(F)cccc5F)sc4-c4ccccc43)cc2)c(N2CC3(CCOCC3)C2)n1. The number of ether oxygens (including phenoxy) is 1. The summed E-state index contributed by atoms with van der Waals surface area (Å²) in [5.41, 5.74) is 4.37. The van der Waals surface area contributed by atoms with Gasteiger partial charge in [-0.15, -0.1) is 11.3 Å². The maximum Gasteiger partial charge on any atom is 0.262 e. The topological polar surface area (TPSA) is 104 Å². The van der Waals surface area contributed by atoms with Crippen LogP contribution < -0.4 is 20.4 Å². The zero-order chi connectivity index (χ0) is 36.0. The van der Waals surface area contributed by atoms with E-state index in [2.05, 4.69) is 15.5 Å². The summed E-state index contributed by atoms with van der Waals surface area (Å²) in [5, 5.41) is 6.08. The molecule has 12 heteroatoms. The molecule has 2 saturated heterocycles. The van der Waals surface area contributed by atoms with Crippen molar-refractivity contribution < 1.29 is 27.9 Å². The van der Waals surface area contributed by atoms with Crippen molar-refractivity contribution >= 4 is 51.3 Å². The average molecular weight is 720 g/mol. The summed E-state index contributed by atoms with van der Waals surface area (Å²) in [6.45, 7) is 5.53. The highest BCUT2D eigenvalue weighted by atomic mass is 32.1. The number of anilines is 4. The molecule has 2 fully saturated rings. The lowest BCUT2D eigenvalue weighted by Crippen LogP contribution is -2.59. The number of carbonyl (C=O) groups excluding carboxylic acids is 3. The minimum atomic E-state index is -0.936. The predicted octanol–water partition coefficient (Wildman–Crippen LogP) is 7.72. The number of hydrogen-bond acceptors (Lipinski definition) is 7. The van der Waals surface area contributed by atoms with Gasteiger partial charge in [0.1, 0.15) is 23.0 Å². The van der Waals surface area contributed by atoms with Crippen molar-refractivity contribution in [3.63, 3.8) is 0 Å². The summed E-state index contributed by atoms with van der Waals surface area (Å²) >= 11 is 1.29. The van der Waals surface area contributed by atoms with E-state index in [9.17, 15) is 23.2 Å². The summed E-state index contributed by atoms with van der Waals surface area (Å²) in [7, 11) is 0. The maximum atomic E-state index is 14.2. The largest absolute Gasteiger partial charge is 0.381 e. The second-order valence-corrected chi connectivity index (χ2v) is 14.6. The van der Waals surface area contributed by atoms with Gasteiger partial charge in [-0.1, -0.05) is 24.3 Å². The molecule has 0 radical (unpaired) electrons. The molecule has 9 nitrogen and oxygen atoms in total. The number of pyridine rings is 1. The molecule has 2 N–H and O–H groups in total. The molecule has 5 aromatic rings. The molecule has 3 aliphatic heterocycles. The molecule has 264 valence electrons. The molecule has 52 heavy (non-hydrogen) atoms. The lowest BCUT2D eigenvalue weighted by molar-refractivity contribution is -0.000519. The first-order chi connectivity index (χ1) is 25.2. The summed E-state index contributed by atoms with van der Waals surface area (Å²) in [4.78, 5) is 49.8. The van der Waals surface area contributed by atoms with E-state index in [1.807, 2.05) is 43.3 Å². The van der Waals surface area contributed by atoms with E-state index < -0.39 is 23.1 Å². The van der Waals surface area contributed by atoms with Gasteiger partial charge in [0, 0.05) is 65.6 Å². The Morgan fingerprint density at radius 2 is 1.60 bits per heavy atom. The number of fused-ring (bicyclic) bond motifs is 3. The van der Waals surface area contributed by atoms with Gasteiger partial charge >= 0.3 is 0 Å². The van der Waals surface area contributed by atoms with Crippen molar-refractivity contribution in [3.8, 4) is 10.4 Å². The third kappa shape index (κ3) is 6.33. The van der Waals surface area contributed by atoms with Crippen LogP contribution in [0, 0.1) is 24.0 Å².